The Labute approximate surface area is 96.0 Å². The molecular formula is C14H29N. The van der Waals surface area contributed by atoms with E-state index in [1.54, 1.807) is 0 Å². The van der Waals surface area contributed by atoms with Crippen LogP contribution in [0.3, 0.4) is 0 Å². The maximum atomic E-state index is 3.55. The van der Waals surface area contributed by atoms with E-state index in [1.807, 2.05) is 0 Å². The molecule has 1 rings (SSSR count). The molecule has 0 aromatic rings. The van der Waals surface area contributed by atoms with Gasteiger partial charge in [-0.25, -0.2) is 0 Å². The van der Waals surface area contributed by atoms with Gasteiger partial charge in [0.1, 0.15) is 0 Å². The molecule has 1 fully saturated rings. The third-order valence-electron chi connectivity index (χ3n) is 3.75. The summed E-state index contributed by atoms with van der Waals surface area (Å²) in [5, 5.41) is 3.55. The molecule has 1 nitrogen and oxygen atoms in total. The summed E-state index contributed by atoms with van der Waals surface area (Å²) < 4.78 is 0. The fourth-order valence-electron chi connectivity index (χ4n) is 2.98. The molecule has 0 aliphatic heterocycles. The highest BCUT2D eigenvalue weighted by Gasteiger charge is 2.23. The molecule has 1 aliphatic carbocycles. The first-order chi connectivity index (χ1) is 7.24. The van der Waals surface area contributed by atoms with Gasteiger partial charge in [-0.2, -0.15) is 0 Å². The normalized spacial score (nSPS) is 20.8. The van der Waals surface area contributed by atoms with Crippen LogP contribution in [-0.4, -0.2) is 13.1 Å². The second-order valence-electron chi connectivity index (χ2n) is 5.60. The average molecular weight is 211 g/mol. The zero-order valence-corrected chi connectivity index (χ0v) is 10.9. The van der Waals surface area contributed by atoms with Gasteiger partial charge in [0.05, 0.1) is 0 Å². The number of nitrogens with one attached hydrogen (secondary N) is 1. The molecule has 0 amide bonds. The van der Waals surface area contributed by atoms with Crippen molar-refractivity contribution >= 4 is 0 Å². The van der Waals surface area contributed by atoms with E-state index in [4.69, 9.17) is 0 Å². The Hall–Kier alpha value is -0.0400. The lowest BCUT2D eigenvalue weighted by atomic mass is 9.76. The Morgan fingerprint density at radius 1 is 1.13 bits per heavy atom. The predicted molar refractivity (Wildman–Crippen MR) is 68.1 cm³/mol. The van der Waals surface area contributed by atoms with Crippen molar-refractivity contribution in [1.82, 2.24) is 5.32 Å². The maximum absolute atomic E-state index is 3.55. The van der Waals surface area contributed by atoms with Crippen LogP contribution in [0.15, 0.2) is 0 Å². The molecule has 1 atom stereocenters. The van der Waals surface area contributed by atoms with Gasteiger partial charge in [-0.3, -0.25) is 0 Å². The van der Waals surface area contributed by atoms with Crippen LogP contribution in [0.5, 0.6) is 0 Å². The molecule has 1 heteroatoms. The molecular weight excluding hydrogens is 182 g/mol. The largest absolute Gasteiger partial charge is 0.317 e. The molecule has 15 heavy (non-hydrogen) atoms. The van der Waals surface area contributed by atoms with Gasteiger partial charge >= 0.3 is 0 Å². The lowest BCUT2D eigenvalue weighted by Gasteiger charge is -2.31. The Morgan fingerprint density at radius 3 is 2.33 bits per heavy atom. The van der Waals surface area contributed by atoms with E-state index in [0.29, 0.717) is 0 Å². The highest BCUT2D eigenvalue weighted by atomic mass is 14.8. The number of rotatable bonds is 6. The summed E-state index contributed by atoms with van der Waals surface area (Å²) >= 11 is 0. The lowest BCUT2D eigenvalue weighted by molar-refractivity contribution is 0.213. The molecule has 1 unspecified atom stereocenters. The molecule has 0 spiro atoms. The van der Waals surface area contributed by atoms with Crippen molar-refractivity contribution < 1.29 is 0 Å². The molecule has 0 heterocycles. The molecule has 0 aromatic carbocycles. The molecule has 1 aliphatic rings. The third kappa shape index (κ3) is 5.01. The van der Waals surface area contributed by atoms with E-state index in [-0.39, 0.29) is 0 Å². The van der Waals surface area contributed by atoms with Gasteiger partial charge < -0.3 is 5.32 Å². The topological polar surface area (TPSA) is 12.0 Å². The highest BCUT2D eigenvalue weighted by molar-refractivity contribution is 4.76. The van der Waals surface area contributed by atoms with Gasteiger partial charge in [-0.1, -0.05) is 52.9 Å². The Morgan fingerprint density at radius 2 is 1.80 bits per heavy atom. The lowest BCUT2D eigenvalue weighted by Crippen LogP contribution is -2.30. The smallest absolute Gasteiger partial charge is 0.00179 e. The monoisotopic (exact) mass is 211 g/mol. The maximum Gasteiger partial charge on any atom is -0.00179 e. The molecule has 0 saturated heterocycles. The first-order valence-electron chi connectivity index (χ1n) is 6.94. The Balaban J connectivity index is 2.37. The molecule has 1 N–H and O–H groups in total. The third-order valence-corrected chi connectivity index (χ3v) is 3.75. The van der Waals surface area contributed by atoms with Crippen LogP contribution in [0.25, 0.3) is 0 Å². The quantitative estimate of drug-likeness (QED) is 0.704. The molecule has 0 aromatic heterocycles. The van der Waals surface area contributed by atoms with Crippen LogP contribution >= 0.6 is 0 Å². The van der Waals surface area contributed by atoms with E-state index in [0.717, 1.165) is 24.3 Å². The summed E-state index contributed by atoms with van der Waals surface area (Å²) in [5.41, 5.74) is 0. The average Bonchev–Trinajstić information content (AvgIpc) is 2.25. The summed E-state index contributed by atoms with van der Waals surface area (Å²) in [6.07, 6.45) is 8.83. The first kappa shape index (κ1) is 13.0. The molecule has 0 bridgehead atoms. The number of hydrogen-bond acceptors (Lipinski definition) is 1. The van der Waals surface area contributed by atoms with Gasteiger partial charge in [0.25, 0.3) is 0 Å². The van der Waals surface area contributed by atoms with Crippen molar-refractivity contribution in [2.45, 2.75) is 59.3 Å². The van der Waals surface area contributed by atoms with E-state index in [9.17, 15) is 0 Å². The van der Waals surface area contributed by atoms with Gasteiger partial charge in [0, 0.05) is 0 Å². The summed E-state index contributed by atoms with van der Waals surface area (Å²) in [7, 11) is 0. The number of hydrogen-bond donors (Lipinski definition) is 1. The second-order valence-corrected chi connectivity index (χ2v) is 5.60. The van der Waals surface area contributed by atoms with Crippen LogP contribution in [0.1, 0.15) is 59.3 Å². The second kappa shape index (κ2) is 7.27. The minimum absolute atomic E-state index is 0.857. The molecule has 1 saturated carbocycles. The van der Waals surface area contributed by atoms with Gasteiger partial charge in [0.15, 0.2) is 0 Å². The minimum atomic E-state index is 0.857. The van der Waals surface area contributed by atoms with E-state index >= 15 is 0 Å². The minimum Gasteiger partial charge on any atom is -0.317 e. The fourth-order valence-corrected chi connectivity index (χ4v) is 2.98. The fraction of sp³-hybridized carbons (Fsp3) is 1.00. The van der Waals surface area contributed by atoms with E-state index in [1.165, 1.54) is 45.1 Å². The standard InChI is InChI=1S/C14H29N/c1-4-15-11-14(10-12(2)3)13-8-6-5-7-9-13/h12-15H,4-11H2,1-3H3. The Bertz CT molecular complexity index is 147. The van der Waals surface area contributed by atoms with E-state index < -0.39 is 0 Å². The zero-order valence-electron chi connectivity index (χ0n) is 10.9. The highest BCUT2D eigenvalue weighted by Crippen LogP contribution is 2.32. The van der Waals surface area contributed by atoms with Crippen molar-refractivity contribution in [2.75, 3.05) is 13.1 Å². The van der Waals surface area contributed by atoms with Gasteiger partial charge in [-0.15, -0.1) is 0 Å². The first-order valence-corrected chi connectivity index (χ1v) is 6.94. The van der Waals surface area contributed by atoms with Crippen molar-refractivity contribution in [3.05, 3.63) is 0 Å². The summed E-state index contributed by atoms with van der Waals surface area (Å²) in [5.74, 6) is 2.81. The van der Waals surface area contributed by atoms with Gasteiger partial charge in [-0.05, 0) is 37.3 Å². The predicted octanol–water partition coefficient (Wildman–Crippen LogP) is 3.84. The van der Waals surface area contributed by atoms with Crippen molar-refractivity contribution in [1.29, 1.82) is 0 Å². The van der Waals surface area contributed by atoms with Crippen molar-refractivity contribution in [3.63, 3.8) is 0 Å². The zero-order chi connectivity index (χ0) is 11.1. The van der Waals surface area contributed by atoms with Crippen LogP contribution < -0.4 is 5.32 Å². The van der Waals surface area contributed by atoms with Crippen molar-refractivity contribution in [3.8, 4) is 0 Å². The Kier molecular flexibility index (Phi) is 6.31. The van der Waals surface area contributed by atoms with Crippen LogP contribution in [0.2, 0.25) is 0 Å². The van der Waals surface area contributed by atoms with E-state index in [2.05, 4.69) is 26.1 Å². The summed E-state index contributed by atoms with van der Waals surface area (Å²) in [6.45, 7) is 9.32. The van der Waals surface area contributed by atoms with Crippen LogP contribution in [0, 0.1) is 17.8 Å². The van der Waals surface area contributed by atoms with Crippen LogP contribution in [-0.2, 0) is 0 Å². The van der Waals surface area contributed by atoms with Crippen molar-refractivity contribution in [2.24, 2.45) is 17.8 Å². The molecule has 90 valence electrons. The SMILES string of the molecule is CCNCC(CC(C)C)C1CCCCC1. The van der Waals surface area contributed by atoms with Gasteiger partial charge in [0.2, 0.25) is 0 Å². The molecule has 0 radical (unpaired) electrons. The van der Waals surface area contributed by atoms with Crippen LogP contribution in [0.4, 0.5) is 0 Å². The summed E-state index contributed by atoms with van der Waals surface area (Å²) in [6, 6.07) is 0. The summed E-state index contributed by atoms with van der Waals surface area (Å²) in [4.78, 5) is 0.